The molecule has 1 aliphatic rings. The van der Waals surface area contributed by atoms with E-state index in [2.05, 4.69) is 44.3 Å². The van der Waals surface area contributed by atoms with E-state index < -0.39 is 29.4 Å². The van der Waals surface area contributed by atoms with Crippen molar-refractivity contribution in [2.75, 3.05) is 36.5 Å². The molecular weight excluding hydrogens is 644 g/mol. The summed E-state index contributed by atoms with van der Waals surface area (Å²) in [4.78, 5) is 19.4. The molecule has 1 saturated heterocycles. The van der Waals surface area contributed by atoms with E-state index in [1.807, 2.05) is 52.2 Å². The standard InChI is InChI=1S/C36H42F4N4O3S/c1-22(29(14-16-35(3)20-47-21-35)34(46)42-31-12-8-25(18-30(31)37)36(38,39)40)28(15-17-45)24-6-9-26(10-7-24)44(5)48-27-11-13-33-32(19-27)41-23(2)43(33)4/h6-13,18-19,22,28-29,45H,14-17,20-21H2,1-5H3,(H,42,46)/t22-,28?,29?/m1/s1. The lowest BCUT2D eigenvalue weighted by molar-refractivity contribution is -0.137. The minimum absolute atomic E-state index is 0.0891. The van der Waals surface area contributed by atoms with E-state index in [9.17, 15) is 27.5 Å². The quantitative estimate of drug-likeness (QED) is 0.109. The molecular formula is C36H42F4N4O3S. The number of nitrogens with one attached hydrogen (secondary N) is 1. The van der Waals surface area contributed by atoms with Gasteiger partial charge in [0.1, 0.15) is 11.6 Å². The van der Waals surface area contributed by atoms with Crippen LogP contribution in [0.5, 0.6) is 0 Å². The van der Waals surface area contributed by atoms with Crippen LogP contribution >= 0.6 is 11.9 Å². The molecule has 48 heavy (non-hydrogen) atoms. The van der Waals surface area contributed by atoms with Crippen molar-refractivity contribution in [1.82, 2.24) is 9.55 Å². The molecule has 0 saturated carbocycles. The monoisotopic (exact) mass is 686 g/mol. The highest BCUT2D eigenvalue weighted by atomic mass is 32.2. The first-order chi connectivity index (χ1) is 22.7. The van der Waals surface area contributed by atoms with E-state index in [1.54, 1.807) is 11.9 Å². The number of anilines is 2. The van der Waals surface area contributed by atoms with Crippen molar-refractivity contribution in [3.63, 3.8) is 0 Å². The van der Waals surface area contributed by atoms with Crippen molar-refractivity contribution in [2.24, 2.45) is 24.3 Å². The summed E-state index contributed by atoms with van der Waals surface area (Å²) in [6.45, 7) is 7.05. The van der Waals surface area contributed by atoms with Crippen molar-refractivity contribution in [1.29, 1.82) is 0 Å². The van der Waals surface area contributed by atoms with Crippen molar-refractivity contribution >= 4 is 40.3 Å². The predicted octanol–water partition coefficient (Wildman–Crippen LogP) is 8.36. The second-order valence-electron chi connectivity index (χ2n) is 13.2. The van der Waals surface area contributed by atoms with Crippen LogP contribution in [0.1, 0.15) is 56.0 Å². The lowest BCUT2D eigenvalue weighted by Gasteiger charge is -2.40. The number of imidazole rings is 1. The number of alkyl halides is 3. The number of nitrogens with zero attached hydrogens (tertiary/aromatic N) is 3. The van der Waals surface area contributed by atoms with Gasteiger partial charge in [-0.05, 0) is 104 Å². The number of halogens is 4. The smallest absolute Gasteiger partial charge is 0.396 e. The second kappa shape index (κ2) is 14.5. The van der Waals surface area contributed by atoms with Crippen LogP contribution in [-0.2, 0) is 22.8 Å². The number of hydrogen-bond acceptors (Lipinski definition) is 6. The average molecular weight is 687 g/mol. The number of aliphatic hydroxyl groups is 1. The molecule has 1 amide bonds. The number of rotatable bonds is 13. The first-order valence-corrected chi connectivity index (χ1v) is 16.8. The molecule has 5 rings (SSSR count). The maximum absolute atomic E-state index is 14.7. The van der Waals surface area contributed by atoms with Crippen LogP contribution < -0.4 is 9.62 Å². The van der Waals surface area contributed by atoms with Crippen LogP contribution in [-0.4, -0.2) is 47.4 Å². The number of aliphatic hydroxyl groups excluding tert-OH is 1. The van der Waals surface area contributed by atoms with Gasteiger partial charge in [-0.2, -0.15) is 13.2 Å². The van der Waals surface area contributed by atoms with Gasteiger partial charge in [-0.15, -0.1) is 0 Å². The highest BCUT2D eigenvalue weighted by Gasteiger charge is 2.38. The van der Waals surface area contributed by atoms with Gasteiger partial charge in [-0.1, -0.05) is 26.0 Å². The molecule has 1 aromatic heterocycles. The minimum Gasteiger partial charge on any atom is -0.396 e. The number of ether oxygens (including phenoxy) is 1. The Morgan fingerprint density at radius 3 is 2.44 bits per heavy atom. The third kappa shape index (κ3) is 7.98. The summed E-state index contributed by atoms with van der Waals surface area (Å²) in [6.07, 6.45) is -3.15. The number of carbonyl (C=O) groups is 1. The first-order valence-electron chi connectivity index (χ1n) is 16.0. The Morgan fingerprint density at radius 1 is 1.12 bits per heavy atom. The Kier molecular flexibility index (Phi) is 10.8. The number of benzene rings is 3. The largest absolute Gasteiger partial charge is 0.416 e. The van der Waals surface area contributed by atoms with Gasteiger partial charge in [0.25, 0.3) is 0 Å². The van der Waals surface area contributed by atoms with Gasteiger partial charge in [0.15, 0.2) is 0 Å². The number of aromatic nitrogens is 2. The average Bonchev–Trinajstić information content (AvgIpc) is 3.31. The fraction of sp³-hybridized carbons (Fsp3) is 0.444. The van der Waals surface area contributed by atoms with E-state index >= 15 is 0 Å². The minimum atomic E-state index is -4.70. The van der Waals surface area contributed by atoms with Gasteiger partial charge in [0.05, 0.1) is 35.5 Å². The van der Waals surface area contributed by atoms with Gasteiger partial charge in [0, 0.05) is 42.6 Å². The summed E-state index contributed by atoms with van der Waals surface area (Å²) in [7, 11) is 3.97. The summed E-state index contributed by atoms with van der Waals surface area (Å²) in [5.74, 6) is -1.78. The van der Waals surface area contributed by atoms with Crippen molar-refractivity contribution in [3.8, 4) is 0 Å². The molecule has 0 aliphatic carbocycles. The van der Waals surface area contributed by atoms with Crippen molar-refractivity contribution < 1.29 is 32.2 Å². The normalized spacial score (nSPS) is 16.3. The number of amides is 1. The second-order valence-corrected chi connectivity index (χ2v) is 14.4. The number of carbonyl (C=O) groups excluding carboxylic acids is 1. The van der Waals surface area contributed by atoms with E-state index in [1.165, 1.54) is 0 Å². The molecule has 2 unspecified atom stereocenters. The highest BCUT2D eigenvalue weighted by Crippen LogP contribution is 2.41. The Bertz CT molecular complexity index is 1740. The predicted molar refractivity (Wildman–Crippen MR) is 181 cm³/mol. The molecule has 3 atom stereocenters. The fourth-order valence-electron chi connectivity index (χ4n) is 6.40. The zero-order valence-electron chi connectivity index (χ0n) is 27.8. The van der Waals surface area contributed by atoms with Gasteiger partial charge in [-0.3, -0.25) is 4.79 Å². The SMILES string of the molecule is Cc1nc2cc(SN(C)c3ccc(C(CCO)[C@@H](C)C(CCC4(C)COC4)C(=O)Nc4ccc(C(F)(F)F)cc4F)cc3)ccc2n1C. The zero-order valence-corrected chi connectivity index (χ0v) is 28.6. The van der Waals surface area contributed by atoms with Crippen molar-refractivity contribution in [2.45, 2.75) is 57.0 Å². The van der Waals surface area contributed by atoms with Crippen LogP contribution in [0.15, 0.2) is 65.6 Å². The molecule has 4 aromatic rings. The number of fused-ring (bicyclic) bond motifs is 1. The Morgan fingerprint density at radius 2 is 1.83 bits per heavy atom. The summed E-state index contributed by atoms with van der Waals surface area (Å²) in [6, 6.07) is 16.3. The molecule has 3 aromatic carbocycles. The van der Waals surface area contributed by atoms with Gasteiger partial charge in [0.2, 0.25) is 5.91 Å². The lowest BCUT2D eigenvalue weighted by Crippen LogP contribution is -2.41. The van der Waals surface area contributed by atoms with Crippen LogP contribution in [0.3, 0.4) is 0 Å². The molecule has 2 heterocycles. The molecule has 7 nitrogen and oxygen atoms in total. The van der Waals surface area contributed by atoms with Crippen LogP contribution in [0.25, 0.3) is 11.0 Å². The van der Waals surface area contributed by atoms with E-state index in [-0.39, 0.29) is 29.5 Å². The van der Waals surface area contributed by atoms with E-state index in [0.29, 0.717) is 38.5 Å². The maximum Gasteiger partial charge on any atom is 0.416 e. The lowest BCUT2D eigenvalue weighted by atomic mass is 9.72. The summed E-state index contributed by atoms with van der Waals surface area (Å²) in [5.41, 5.74) is 2.39. The molecule has 0 bridgehead atoms. The third-order valence-electron chi connectivity index (χ3n) is 9.56. The topological polar surface area (TPSA) is 79.6 Å². The molecule has 0 spiro atoms. The van der Waals surface area contributed by atoms with E-state index in [4.69, 9.17) is 4.74 Å². The summed E-state index contributed by atoms with van der Waals surface area (Å²) < 4.78 is 63.6. The van der Waals surface area contributed by atoms with Crippen LogP contribution in [0, 0.1) is 30.0 Å². The van der Waals surface area contributed by atoms with Gasteiger partial charge in [-0.25, -0.2) is 9.37 Å². The summed E-state index contributed by atoms with van der Waals surface area (Å²) in [5, 5.41) is 12.6. The van der Waals surface area contributed by atoms with Gasteiger partial charge >= 0.3 is 6.18 Å². The van der Waals surface area contributed by atoms with E-state index in [0.717, 1.165) is 45.1 Å². The van der Waals surface area contributed by atoms with Crippen molar-refractivity contribution in [3.05, 3.63) is 83.4 Å². The summed E-state index contributed by atoms with van der Waals surface area (Å²) >= 11 is 1.57. The highest BCUT2D eigenvalue weighted by molar-refractivity contribution is 8.00. The molecule has 1 aliphatic heterocycles. The van der Waals surface area contributed by atoms with Gasteiger partial charge < -0.3 is 24.0 Å². The Balaban J connectivity index is 1.34. The molecule has 258 valence electrons. The number of hydrogen-bond donors (Lipinski definition) is 2. The fourth-order valence-corrected chi connectivity index (χ4v) is 7.24. The van der Waals surface area contributed by atoms with Crippen LogP contribution in [0.4, 0.5) is 28.9 Å². The zero-order chi connectivity index (χ0) is 34.8. The molecule has 2 N–H and O–H groups in total. The number of aryl methyl sites for hydroxylation is 2. The first kappa shape index (κ1) is 35.7. The third-order valence-corrected chi connectivity index (χ3v) is 10.5. The Hall–Kier alpha value is -3.61. The van der Waals surface area contributed by atoms with Crippen LogP contribution in [0.2, 0.25) is 0 Å². The Labute approximate surface area is 282 Å². The maximum atomic E-state index is 14.7. The molecule has 1 fully saturated rings. The molecule has 0 radical (unpaired) electrons. The molecule has 12 heteroatoms.